The van der Waals surface area contributed by atoms with Gasteiger partial charge >= 0.3 is 11.9 Å². The fourth-order valence-corrected chi connectivity index (χ4v) is 1.61. The van der Waals surface area contributed by atoms with E-state index in [0.717, 1.165) is 19.3 Å². The van der Waals surface area contributed by atoms with Crippen LogP contribution in [0.5, 0.6) is 0 Å². The van der Waals surface area contributed by atoms with Crippen molar-refractivity contribution in [3.8, 4) is 0 Å². The molecule has 0 bridgehead atoms. The third-order valence-corrected chi connectivity index (χ3v) is 2.24. The summed E-state index contributed by atoms with van der Waals surface area (Å²) >= 11 is 0. The van der Waals surface area contributed by atoms with Gasteiger partial charge in [0.2, 0.25) is 0 Å². The van der Waals surface area contributed by atoms with Gasteiger partial charge in [-0.1, -0.05) is 0 Å². The zero-order chi connectivity index (χ0) is 9.84. The first-order chi connectivity index (χ1) is 6.09. The summed E-state index contributed by atoms with van der Waals surface area (Å²) in [4.78, 5) is 21.0. The van der Waals surface area contributed by atoms with Crippen molar-refractivity contribution < 1.29 is 14.7 Å². The Hall–Kier alpha value is -1.10. The van der Waals surface area contributed by atoms with E-state index in [2.05, 4.69) is 5.32 Å². The molecule has 0 spiro atoms. The standard InChI is InChI=1S/C8H14N2O3/c9-5-2-1-3-6(4-5)10-7(11)8(12)13/h5-6H,1-4,9H2,(H,10,11)(H,12,13). The summed E-state index contributed by atoms with van der Waals surface area (Å²) in [6.07, 6.45) is 3.41. The van der Waals surface area contributed by atoms with Gasteiger partial charge in [0, 0.05) is 12.1 Å². The molecule has 1 saturated carbocycles. The van der Waals surface area contributed by atoms with E-state index in [4.69, 9.17) is 10.8 Å². The number of carbonyl (C=O) groups excluding carboxylic acids is 1. The molecule has 0 saturated heterocycles. The molecular formula is C8H14N2O3. The van der Waals surface area contributed by atoms with Gasteiger partial charge in [0.25, 0.3) is 0 Å². The molecule has 74 valence electrons. The molecule has 0 aromatic carbocycles. The number of carboxylic acid groups (broad SMARTS) is 1. The van der Waals surface area contributed by atoms with Crippen LogP contribution in [0.25, 0.3) is 0 Å². The van der Waals surface area contributed by atoms with Gasteiger partial charge < -0.3 is 16.2 Å². The summed E-state index contributed by atoms with van der Waals surface area (Å²) in [5.74, 6) is -2.36. The number of hydrogen-bond acceptors (Lipinski definition) is 3. The van der Waals surface area contributed by atoms with E-state index >= 15 is 0 Å². The fraction of sp³-hybridized carbons (Fsp3) is 0.750. The second-order valence-electron chi connectivity index (χ2n) is 3.40. The molecule has 0 aliphatic heterocycles. The average molecular weight is 186 g/mol. The number of rotatable bonds is 1. The molecule has 4 N–H and O–H groups in total. The lowest BCUT2D eigenvalue weighted by atomic mass is 9.92. The lowest BCUT2D eigenvalue weighted by Crippen LogP contribution is -2.44. The van der Waals surface area contributed by atoms with Gasteiger partial charge in [-0.05, 0) is 25.7 Å². The first kappa shape index (κ1) is 9.98. The minimum Gasteiger partial charge on any atom is -0.474 e. The third kappa shape index (κ3) is 3.02. The van der Waals surface area contributed by atoms with E-state index in [1.165, 1.54) is 0 Å². The Morgan fingerprint density at radius 2 is 2.08 bits per heavy atom. The molecule has 13 heavy (non-hydrogen) atoms. The molecule has 1 fully saturated rings. The largest absolute Gasteiger partial charge is 0.474 e. The van der Waals surface area contributed by atoms with Crippen molar-refractivity contribution in [1.82, 2.24) is 5.32 Å². The molecule has 5 nitrogen and oxygen atoms in total. The lowest BCUT2D eigenvalue weighted by molar-refractivity contribution is -0.150. The Labute approximate surface area is 76.3 Å². The van der Waals surface area contributed by atoms with Crippen LogP contribution >= 0.6 is 0 Å². The quantitative estimate of drug-likeness (QED) is 0.479. The number of hydrogen-bond donors (Lipinski definition) is 3. The highest BCUT2D eigenvalue weighted by atomic mass is 16.4. The molecule has 0 aromatic rings. The van der Waals surface area contributed by atoms with Crippen LogP contribution in [0.3, 0.4) is 0 Å². The highest BCUT2D eigenvalue weighted by molar-refractivity contribution is 6.31. The van der Waals surface area contributed by atoms with Gasteiger partial charge in [-0.25, -0.2) is 4.79 Å². The van der Waals surface area contributed by atoms with Gasteiger partial charge in [-0.15, -0.1) is 0 Å². The SMILES string of the molecule is NC1CCCC(NC(=O)C(=O)O)C1. The zero-order valence-corrected chi connectivity index (χ0v) is 7.32. The van der Waals surface area contributed by atoms with E-state index in [-0.39, 0.29) is 12.1 Å². The van der Waals surface area contributed by atoms with Crippen LogP contribution in [0.2, 0.25) is 0 Å². The molecule has 2 unspecified atom stereocenters. The van der Waals surface area contributed by atoms with Crippen molar-refractivity contribution in [1.29, 1.82) is 0 Å². The predicted octanol–water partition coefficient (Wildman–Crippen LogP) is -0.543. The van der Waals surface area contributed by atoms with E-state index in [1.807, 2.05) is 0 Å². The van der Waals surface area contributed by atoms with Crippen molar-refractivity contribution in [2.45, 2.75) is 37.8 Å². The summed E-state index contributed by atoms with van der Waals surface area (Å²) in [5, 5.41) is 10.8. The van der Waals surface area contributed by atoms with Crippen molar-refractivity contribution in [2.75, 3.05) is 0 Å². The van der Waals surface area contributed by atoms with Crippen LogP contribution in [0.15, 0.2) is 0 Å². The van der Waals surface area contributed by atoms with Gasteiger partial charge in [-0.3, -0.25) is 4.79 Å². The maximum atomic E-state index is 10.8. The Kier molecular flexibility index (Phi) is 3.25. The average Bonchev–Trinajstić information content (AvgIpc) is 2.04. The minimum atomic E-state index is -1.43. The summed E-state index contributed by atoms with van der Waals surface area (Å²) in [6, 6.07) is 0.0280. The van der Waals surface area contributed by atoms with Crippen LogP contribution in [0.4, 0.5) is 0 Å². The topological polar surface area (TPSA) is 92.4 Å². The zero-order valence-electron chi connectivity index (χ0n) is 7.32. The summed E-state index contributed by atoms with van der Waals surface area (Å²) < 4.78 is 0. The highest BCUT2D eigenvalue weighted by Gasteiger charge is 2.22. The maximum absolute atomic E-state index is 10.8. The van der Waals surface area contributed by atoms with Gasteiger partial charge in [-0.2, -0.15) is 0 Å². The molecule has 2 atom stereocenters. The van der Waals surface area contributed by atoms with Crippen LogP contribution in [0.1, 0.15) is 25.7 Å². The van der Waals surface area contributed by atoms with Gasteiger partial charge in [0.1, 0.15) is 0 Å². The van der Waals surface area contributed by atoms with Crippen molar-refractivity contribution in [3.05, 3.63) is 0 Å². The second-order valence-corrected chi connectivity index (χ2v) is 3.40. The number of aliphatic carboxylic acids is 1. The number of amides is 1. The summed E-state index contributed by atoms with van der Waals surface area (Å²) in [6.45, 7) is 0. The molecule has 0 radical (unpaired) electrons. The Bertz CT molecular complexity index is 217. The predicted molar refractivity (Wildman–Crippen MR) is 46.0 cm³/mol. The second kappa shape index (κ2) is 4.23. The molecule has 5 heteroatoms. The van der Waals surface area contributed by atoms with E-state index < -0.39 is 11.9 Å². The van der Waals surface area contributed by atoms with E-state index in [9.17, 15) is 9.59 Å². The van der Waals surface area contributed by atoms with Crippen LogP contribution in [0, 0.1) is 0 Å². The molecule has 1 aliphatic rings. The number of carbonyl (C=O) groups is 2. The Balaban J connectivity index is 2.36. The number of nitrogens with two attached hydrogens (primary N) is 1. The van der Waals surface area contributed by atoms with Crippen molar-refractivity contribution in [3.63, 3.8) is 0 Å². The normalized spacial score (nSPS) is 28.1. The summed E-state index contributed by atoms with van der Waals surface area (Å²) in [5.41, 5.74) is 5.68. The van der Waals surface area contributed by atoms with Crippen LogP contribution in [-0.4, -0.2) is 29.1 Å². The first-order valence-electron chi connectivity index (χ1n) is 4.39. The minimum absolute atomic E-state index is 0.0626. The number of carboxylic acids is 1. The first-order valence-corrected chi connectivity index (χ1v) is 4.39. The van der Waals surface area contributed by atoms with E-state index in [0.29, 0.717) is 6.42 Å². The fourth-order valence-electron chi connectivity index (χ4n) is 1.61. The summed E-state index contributed by atoms with van der Waals surface area (Å²) in [7, 11) is 0. The van der Waals surface area contributed by atoms with E-state index in [1.54, 1.807) is 0 Å². The van der Waals surface area contributed by atoms with Crippen LogP contribution < -0.4 is 11.1 Å². The van der Waals surface area contributed by atoms with Crippen LogP contribution in [-0.2, 0) is 9.59 Å². The molecule has 1 amide bonds. The molecule has 1 rings (SSSR count). The molecule has 0 heterocycles. The number of nitrogens with one attached hydrogen (secondary N) is 1. The van der Waals surface area contributed by atoms with Gasteiger partial charge in [0.05, 0.1) is 0 Å². The smallest absolute Gasteiger partial charge is 0.394 e. The highest BCUT2D eigenvalue weighted by Crippen LogP contribution is 2.16. The maximum Gasteiger partial charge on any atom is 0.394 e. The lowest BCUT2D eigenvalue weighted by Gasteiger charge is -2.26. The molecule has 0 aromatic heterocycles. The molecular weight excluding hydrogens is 172 g/mol. The van der Waals surface area contributed by atoms with Crippen molar-refractivity contribution in [2.24, 2.45) is 5.73 Å². The monoisotopic (exact) mass is 186 g/mol. The third-order valence-electron chi connectivity index (χ3n) is 2.24. The van der Waals surface area contributed by atoms with Gasteiger partial charge in [0.15, 0.2) is 0 Å². The Morgan fingerprint density at radius 3 is 2.62 bits per heavy atom. The Morgan fingerprint density at radius 1 is 1.38 bits per heavy atom. The van der Waals surface area contributed by atoms with Crippen molar-refractivity contribution >= 4 is 11.9 Å². The molecule has 1 aliphatic carbocycles.